The second kappa shape index (κ2) is 8.75. The van der Waals surface area contributed by atoms with Crippen LogP contribution in [0.4, 0.5) is 0 Å². The van der Waals surface area contributed by atoms with Gasteiger partial charge in [-0.3, -0.25) is 0 Å². The van der Waals surface area contributed by atoms with E-state index in [1.54, 1.807) is 23.5 Å². The predicted molar refractivity (Wildman–Crippen MR) is 127 cm³/mol. The number of ether oxygens (including phenoxy) is 2. The molecular formula is C24H20ClNO4S2. The van der Waals surface area contributed by atoms with Crippen LogP contribution in [0, 0.1) is 0 Å². The molecule has 5 rings (SSSR count). The van der Waals surface area contributed by atoms with Crippen LogP contribution in [0.15, 0.2) is 77.7 Å². The fourth-order valence-electron chi connectivity index (χ4n) is 3.66. The van der Waals surface area contributed by atoms with Crippen molar-refractivity contribution >= 4 is 43.0 Å². The maximum absolute atomic E-state index is 13.4. The van der Waals surface area contributed by atoms with E-state index in [0.717, 1.165) is 21.4 Å². The molecule has 0 fully saturated rings. The first-order valence-electron chi connectivity index (χ1n) is 10.2. The molecule has 5 nitrogen and oxygen atoms in total. The molecule has 3 aromatic carbocycles. The van der Waals surface area contributed by atoms with Crippen LogP contribution in [-0.4, -0.2) is 21.6 Å². The zero-order valence-corrected chi connectivity index (χ0v) is 19.3. The Morgan fingerprint density at radius 1 is 0.906 bits per heavy atom. The molecule has 1 atom stereocenters. The molecule has 0 aliphatic carbocycles. The summed E-state index contributed by atoms with van der Waals surface area (Å²) in [6, 6.07) is 21.3. The van der Waals surface area contributed by atoms with Crippen molar-refractivity contribution in [2.24, 2.45) is 0 Å². The van der Waals surface area contributed by atoms with E-state index < -0.39 is 16.1 Å². The highest BCUT2D eigenvalue weighted by Gasteiger charge is 2.27. The van der Waals surface area contributed by atoms with Gasteiger partial charge in [-0.05, 0) is 41.3 Å². The molecule has 4 aromatic rings. The monoisotopic (exact) mass is 485 g/mol. The van der Waals surface area contributed by atoms with Crippen LogP contribution in [0.2, 0.25) is 5.02 Å². The highest BCUT2D eigenvalue weighted by atomic mass is 35.5. The van der Waals surface area contributed by atoms with Crippen LogP contribution in [0.5, 0.6) is 11.5 Å². The molecule has 0 radical (unpaired) electrons. The first kappa shape index (κ1) is 21.3. The molecule has 1 aliphatic rings. The summed E-state index contributed by atoms with van der Waals surface area (Å²) in [5, 5.41) is 1.55. The molecule has 0 spiro atoms. The van der Waals surface area contributed by atoms with Crippen molar-refractivity contribution in [3.63, 3.8) is 0 Å². The number of benzene rings is 3. The number of halogens is 1. The minimum Gasteiger partial charge on any atom is -0.490 e. The van der Waals surface area contributed by atoms with Gasteiger partial charge in [-0.1, -0.05) is 48.0 Å². The van der Waals surface area contributed by atoms with Gasteiger partial charge in [-0.15, -0.1) is 11.3 Å². The highest BCUT2D eigenvalue weighted by molar-refractivity contribution is 7.89. The van der Waals surface area contributed by atoms with Crippen molar-refractivity contribution in [1.82, 2.24) is 4.72 Å². The Morgan fingerprint density at radius 3 is 2.47 bits per heavy atom. The summed E-state index contributed by atoms with van der Waals surface area (Å²) in [5.74, 6) is 0.982. The normalized spacial score (nSPS) is 14.8. The van der Waals surface area contributed by atoms with Crippen LogP contribution in [0.25, 0.3) is 10.1 Å². The summed E-state index contributed by atoms with van der Waals surface area (Å²) < 4.78 is 42.1. The molecule has 32 heavy (non-hydrogen) atoms. The standard InChI is InChI=1S/C24H20ClNO4S2/c25-19-8-3-2-7-18(19)24(23-14-16-6-1-4-9-22(16)31-23)26-32(27,28)17-10-11-20-21(15-17)30-13-5-12-29-20/h1-4,6-11,14-15,24,26H,5,12-13H2/t24-/m0/s1. The van der Waals surface area contributed by atoms with Crippen LogP contribution in [0.3, 0.4) is 0 Å². The summed E-state index contributed by atoms with van der Waals surface area (Å²) >= 11 is 8.03. The largest absolute Gasteiger partial charge is 0.490 e. The Bertz CT molecular complexity index is 1350. The Balaban J connectivity index is 1.56. The van der Waals surface area contributed by atoms with Gasteiger partial charge < -0.3 is 9.47 Å². The molecule has 0 saturated heterocycles. The van der Waals surface area contributed by atoms with Gasteiger partial charge in [-0.2, -0.15) is 4.72 Å². The number of hydrogen-bond donors (Lipinski definition) is 1. The maximum atomic E-state index is 13.4. The van der Waals surface area contributed by atoms with E-state index in [1.807, 2.05) is 48.5 Å². The third-order valence-electron chi connectivity index (χ3n) is 5.25. The number of rotatable bonds is 5. The number of sulfonamides is 1. The van der Waals surface area contributed by atoms with E-state index in [9.17, 15) is 8.42 Å². The molecule has 8 heteroatoms. The number of hydrogen-bond acceptors (Lipinski definition) is 5. The smallest absolute Gasteiger partial charge is 0.241 e. The summed E-state index contributed by atoms with van der Waals surface area (Å²) in [6.07, 6.45) is 0.746. The van der Waals surface area contributed by atoms with E-state index in [-0.39, 0.29) is 4.90 Å². The fourth-order valence-corrected chi connectivity index (χ4v) is 6.33. The van der Waals surface area contributed by atoms with E-state index in [2.05, 4.69) is 4.72 Å². The van der Waals surface area contributed by atoms with Gasteiger partial charge in [0.05, 0.1) is 24.2 Å². The van der Waals surface area contributed by atoms with Crippen LogP contribution in [-0.2, 0) is 10.0 Å². The summed E-state index contributed by atoms with van der Waals surface area (Å²) in [6.45, 7) is 1.02. The third kappa shape index (κ3) is 4.21. The zero-order valence-electron chi connectivity index (χ0n) is 17.0. The summed E-state index contributed by atoms with van der Waals surface area (Å²) in [5.41, 5.74) is 0.693. The Hall–Kier alpha value is -2.58. The molecule has 2 heterocycles. The molecule has 0 saturated carbocycles. The zero-order chi connectivity index (χ0) is 22.1. The van der Waals surface area contributed by atoms with E-state index in [0.29, 0.717) is 35.3 Å². The van der Waals surface area contributed by atoms with E-state index in [4.69, 9.17) is 21.1 Å². The number of fused-ring (bicyclic) bond motifs is 2. The first-order valence-corrected chi connectivity index (χ1v) is 12.8. The van der Waals surface area contributed by atoms with Gasteiger partial charge in [0.15, 0.2) is 11.5 Å². The fraction of sp³-hybridized carbons (Fsp3) is 0.167. The SMILES string of the molecule is O=S(=O)(N[C@H](c1cc2ccccc2s1)c1ccccc1Cl)c1ccc2c(c1)OCCCO2. The van der Waals surface area contributed by atoms with Gasteiger partial charge >= 0.3 is 0 Å². The lowest BCUT2D eigenvalue weighted by atomic mass is 10.1. The quantitative estimate of drug-likeness (QED) is 0.389. The van der Waals surface area contributed by atoms with Gasteiger partial charge in [0.25, 0.3) is 0 Å². The lowest BCUT2D eigenvalue weighted by Crippen LogP contribution is -2.29. The third-order valence-corrected chi connectivity index (χ3v) is 8.19. The molecule has 0 unspecified atom stereocenters. The van der Waals surface area contributed by atoms with Gasteiger partial charge in [0, 0.05) is 27.1 Å². The van der Waals surface area contributed by atoms with Crippen LogP contribution >= 0.6 is 22.9 Å². The Kier molecular flexibility index (Phi) is 5.82. The molecule has 0 amide bonds. The van der Waals surface area contributed by atoms with E-state index >= 15 is 0 Å². The lowest BCUT2D eigenvalue weighted by molar-refractivity contribution is 0.297. The first-order chi connectivity index (χ1) is 15.5. The van der Waals surface area contributed by atoms with Crippen LogP contribution < -0.4 is 14.2 Å². The predicted octanol–water partition coefficient (Wildman–Crippen LogP) is 5.78. The molecule has 1 N–H and O–H groups in total. The van der Waals surface area contributed by atoms with Gasteiger partial charge in [-0.25, -0.2) is 8.42 Å². The second-order valence-corrected chi connectivity index (χ2v) is 10.7. The lowest BCUT2D eigenvalue weighted by Gasteiger charge is -2.20. The maximum Gasteiger partial charge on any atom is 0.241 e. The molecular weight excluding hydrogens is 466 g/mol. The van der Waals surface area contributed by atoms with Crippen molar-refractivity contribution in [1.29, 1.82) is 0 Å². The Labute approximate surface area is 195 Å². The van der Waals surface area contributed by atoms with Gasteiger partial charge in [0.1, 0.15) is 0 Å². The average Bonchev–Trinajstić information content (AvgIpc) is 3.08. The Morgan fingerprint density at radius 2 is 1.66 bits per heavy atom. The van der Waals surface area contributed by atoms with Crippen molar-refractivity contribution in [3.8, 4) is 11.5 Å². The number of nitrogens with one attached hydrogen (secondary N) is 1. The minimum absolute atomic E-state index is 0.111. The molecule has 1 aliphatic heterocycles. The minimum atomic E-state index is -3.89. The van der Waals surface area contributed by atoms with E-state index in [1.165, 1.54) is 12.1 Å². The second-order valence-electron chi connectivity index (χ2n) is 7.42. The van der Waals surface area contributed by atoms with Crippen LogP contribution in [0.1, 0.15) is 22.9 Å². The average molecular weight is 486 g/mol. The topological polar surface area (TPSA) is 64.6 Å². The van der Waals surface area contributed by atoms with Gasteiger partial charge in [0.2, 0.25) is 10.0 Å². The van der Waals surface area contributed by atoms with Crippen molar-refractivity contribution < 1.29 is 17.9 Å². The molecule has 164 valence electrons. The van der Waals surface area contributed by atoms with Crippen molar-refractivity contribution in [3.05, 3.63) is 88.3 Å². The van der Waals surface area contributed by atoms with Crippen molar-refractivity contribution in [2.75, 3.05) is 13.2 Å². The molecule has 1 aromatic heterocycles. The highest BCUT2D eigenvalue weighted by Crippen LogP contribution is 2.37. The summed E-state index contributed by atoms with van der Waals surface area (Å²) in [7, 11) is -3.89. The molecule has 0 bridgehead atoms. The van der Waals surface area contributed by atoms with Crippen molar-refractivity contribution in [2.45, 2.75) is 17.4 Å². The number of thiophene rings is 1. The summed E-state index contributed by atoms with van der Waals surface area (Å²) in [4.78, 5) is 0.970.